The summed E-state index contributed by atoms with van der Waals surface area (Å²) in [5, 5.41) is 3.99. The number of imidazole rings is 1. The number of anilines is 1. The lowest BCUT2D eigenvalue weighted by atomic mass is 10.2. The van der Waals surface area contributed by atoms with Gasteiger partial charge in [0.05, 0.1) is 35.2 Å². The molecule has 16 heteroatoms. The number of aryl methyl sites for hydroxylation is 3. The SMILES string of the molecule is COCCCOc1cc(OCC(F)(F)F)cc(Oc2cc3c(cc2NS(=O)(=O)c2cnn(C)c2C)n(C)c(=O)n3C)c1. The van der Waals surface area contributed by atoms with Crippen molar-refractivity contribution in [1.29, 1.82) is 0 Å². The predicted octanol–water partition coefficient (Wildman–Crippen LogP) is 3.87. The Morgan fingerprint density at radius 1 is 0.929 bits per heavy atom. The van der Waals surface area contributed by atoms with Crippen molar-refractivity contribution < 1.29 is 40.5 Å². The molecule has 4 rings (SSSR count). The van der Waals surface area contributed by atoms with Crippen LogP contribution in [0.1, 0.15) is 12.1 Å². The van der Waals surface area contributed by atoms with Gasteiger partial charge in [-0.2, -0.15) is 18.3 Å². The van der Waals surface area contributed by atoms with Crippen LogP contribution < -0.4 is 24.6 Å². The van der Waals surface area contributed by atoms with Crippen molar-refractivity contribution >= 4 is 26.7 Å². The summed E-state index contributed by atoms with van der Waals surface area (Å²) < 4.78 is 93.5. The Balaban J connectivity index is 1.78. The Kier molecular flexibility index (Phi) is 8.77. The summed E-state index contributed by atoms with van der Waals surface area (Å²) >= 11 is 0. The van der Waals surface area contributed by atoms with E-state index in [0.717, 1.165) is 0 Å². The molecule has 0 aliphatic heterocycles. The fourth-order valence-electron chi connectivity index (χ4n) is 4.09. The van der Waals surface area contributed by atoms with E-state index < -0.39 is 22.8 Å². The van der Waals surface area contributed by atoms with Gasteiger partial charge in [0.15, 0.2) is 12.4 Å². The van der Waals surface area contributed by atoms with E-state index in [-0.39, 0.29) is 45.9 Å². The third kappa shape index (κ3) is 6.82. The van der Waals surface area contributed by atoms with Gasteiger partial charge in [-0.25, -0.2) is 13.2 Å². The molecule has 228 valence electrons. The molecule has 0 amide bonds. The Bertz CT molecular complexity index is 1760. The third-order valence-electron chi connectivity index (χ3n) is 6.34. The van der Waals surface area contributed by atoms with Crippen LogP contribution in [0.15, 0.2) is 46.2 Å². The lowest BCUT2D eigenvalue weighted by molar-refractivity contribution is -0.153. The first-order chi connectivity index (χ1) is 19.7. The first kappa shape index (κ1) is 30.8. The summed E-state index contributed by atoms with van der Waals surface area (Å²) in [4.78, 5) is 12.5. The van der Waals surface area contributed by atoms with Crippen molar-refractivity contribution in [2.24, 2.45) is 21.1 Å². The number of sulfonamides is 1. The number of rotatable bonds is 12. The van der Waals surface area contributed by atoms with Crippen LogP contribution in [0.4, 0.5) is 18.9 Å². The van der Waals surface area contributed by atoms with Crippen molar-refractivity contribution in [2.45, 2.75) is 24.4 Å². The summed E-state index contributed by atoms with van der Waals surface area (Å²) in [7, 11) is 2.01. The third-order valence-corrected chi connectivity index (χ3v) is 7.81. The van der Waals surface area contributed by atoms with Crippen LogP contribution in [-0.4, -0.2) is 60.4 Å². The van der Waals surface area contributed by atoms with Crippen LogP contribution in [0.5, 0.6) is 23.0 Å². The number of aromatic nitrogens is 4. The molecule has 0 saturated carbocycles. The van der Waals surface area contributed by atoms with Gasteiger partial charge in [0.1, 0.15) is 22.1 Å². The van der Waals surface area contributed by atoms with Crippen molar-refractivity contribution in [3.63, 3.8) is 0 Å². The smallest absolute Gasteiger partial charge is 0.422 e. The molecule has 42 heavy (non-hydrogen) atoms. The standard InChI is InChI=1S/C26H30F3N5O7S/c1-16-24(14-30-34(16)4)42(36,37)31-20-12-21-22(33(3)25(35)32(21)2)13-23(20)41-19-10-17(39-8-6-7-38-5)9-18(11-19)40-15-26(27,28)29/h9-14,31H,6-8,15H2,1-5H3. The van der Waals surface area contributed by atoms with E-state index in [9.17, 15) is 26.4 Å². The molecule has 4 aromatic rings. The quantitative estimate of drug-likeness (QED) is 0.239. The molecule has 2 aromatic carbocycles. The second kappa shape index (κ2) is 12.0. The van der Waals surface area contributed by atoms with Crippen LogP contribution in [0.3, 0.4) is 0 Å². The molecule has 0 bridgehead atoms. The zero-order valence-corrected chi connectivity index (χ0v) is 24.3. The van der Waals surface area contributed by atoms with E-state index >= 15 is 0 Å². The largest absolute Gasteiger partial charge is 0.493 e. The molecule has 0 aliphatic rings. The predicted molar refractivity (Wildman–Crippen MR) is 147 cm³/mol. The van der Waals surface area contributed by atoms with Gasteiger partial charge < -0.3 is 18.9 Å². The molecular weight excluding hydrogens is 583 g/mol. The summed E-state index contributed by atoms with van der Waals surface area (Å²) in [6.07, 6.45) is -2.88. The van der Waals surface area contributed by atoms with Crippen LogP contribution >= 0.6 is 0 Å². The fourth-order valence-corrected chi connectivity index (χ4v) is 5.35. The number of nitrogens with one attached hydrogen (secondary N) is 1. The number of hydrogen-bond donors (Lipinski definition) is 1. The molecule has 0 spiro atoms. The van der Waals surface area contributed by atoms with Gasteiger partial charge in [-0.15, -0.1) is 0 Å². The van der Waals surface area contributed by atoms with Crippen LogP contribution in [0.2, 0.25) is 0 Å². The molecule has 0 atom stereocenters. The lowest BCUT2D eigenvalue weighted by Gasteiger charge is -2.17. The summed E-state index contributed by atoms with van der Waals surface area (Å²) in [6, 6.07) is 6.80. The molecule has 0 radical (unpaired) electrons. The number of methoxy groups -OCH3 is 1. The van der Waals surface area contributed by atoms with E-state index in [2.05, 4.69) is 9.82 Å². The number of alkyl halides is 3. The molecule has 0 aliphatic carbocycles. The number of halogens is 3. The number of nitrogens with zero attached hydrogens (tertiary/aromatic N) is 4. The van der Waals surface area contributed by atoms with Crippen molar-refractivity contribution in [3.8, 4) is 23.0 Å². The summed E-state index contributed by atoms with van der Waals surface area (Å²) in [6.45, 7) is 0.643. The number of fused-ring (bicyclic) bond motifs is 1. The Morgan fingerprint density at radius 3 is 2.14 bits per heavy atom. The molecule has 0 saturated heterocycles. The lowest BCUT2D eigenvalue weighted by Crippen LogP contribution is -2.19. The maximum absolute atomic E-state index is 13.3. The Hall–Kier alpha value is -4.18. The first-order valence-corrected chi connectivity index (χ1v) is 14.0. The van der Waals surface area contributed by atoms with E-state index in [1.54, 1.807) is 14.0 Å². The van der Waals surface area contributed by atoms with Crippen molar-refractivity contribution in [3.05, 3.63) is 52.7 Å². The fraction of sp³-hybridized carbons (Fsp3) is 0.385. The van der Waals surface area contributed by atoms with Crippen LogP contribution in [0.25, 0.3) is 11.0 Å². The summed E-state index contributed by atoms with van der Waals surface area (Å²) in [5.74, 6) is -0.0724. The van der Waals surface area contributed by atoms with Gasteiger partial charge in [0.25, 0.3) is 10.0 Å². The molecule has 12 nitrogen and oxygen atoms in total. The number of hydrogen-bond acceptors (Lipinski definition) is 8. The minimum absolute atomic E-state index is 0.00490. The average Bonchev–Trinajstić information content (AvgIpc) is 3.36. The Labute approximate surface area is 239 Å². The van der Waals surface area contributed by atoms with Gasteiger partial charge in [0, 0.05) is 65.5 Å². The maximum atomic E-state index is 13.3. The zero-order chi connectivity index (χ0) is 30.8. The van der Waals surface area contributed by atoms with E-state index in [1.165, 1.54) is 71.5 Å². The van der Waals surface area contributed by atoms with Gasteiger partial charge in [-0.05, 0) is 13.0 Å². The Morgan fingerprint density at radius 2 is 1.55 bits per heavy atom. The second-order valence-electron chi connectivity index (χ2n) is 9.40. The molecular formula is C26H30F3N5O7S. The highest BCUT2D eigenvalue weighted by Crippen LogP contribution is 2.38. The maximum Gasteiger partial charge on any atom is 0.422 e. The van der Waals surface area contributed by atoms with Crippen molar-refractivity contribution in [1.82, 2.24) is 18.9 Å². The van der Waals surface area contributed by atoms with Crippen LogP contribution in [-0.2, 0) is 35.9 Å². The molecule has 0 fully saturated rings. The highest BCUT2D eigenvalue weighted by molar-refractivity contribution is 7.92. The normalized spacial score (nSPS) is 12.1. The molecule has 2 aromatic heterocycles. The molecule has 0 unspecified atom stereocenters. The highest BCUT2D eigenvalue weighted by Gasteiger charge is 2.29. The highest BCUT2D eigenvalue weighted by atomic mass is 32.2. The van der Waals surface area contributed by atoms with Gasteiger partial charge in [-0.1, -0.05) is 0 Å². The topological polar surface area (TPSA) is 128 Å². The second-order valence-corrected chi connectivity index (χ2v) is 11.1. The van der Waals surface area contributed by atoms with Gasteiger partial charge >= 0.3 is 11.9 Å². The minimum atomic E-state index is -4.59. The molecule has 2 heterocycles. The first-order valence-electron chi connectivity index (χ1n) is 12.6. The van der Waals surface area contributed by atoms with Crippen LogP contribution in [0, 0.1) is 6.92 Å². The molecule has 1 N–H and O–H groups in total. The number of benzene rings is 2. The monoisotopic (exact) mass is 613 g/mol. The van der Waals surface area contributed by atoms with Gasteiger partial charge in [0.2, 0.25) is 0 Å². The van der Waals surface area contributed by atoms with E-state index in [1.807, 2.05) is 0 Å². The summed E-state index contributed by atoms with van der Waals surface area (Å²) in [5.41, 5.74) is 0.797. The van der Waals surface area contributed by atoms with Crippen molar-refractivity contribution in [2.75, 3.05) is 31.7 Å². The van der Waals surface area contributed by atoms with Gasteiger partial charge in [-0.3, -0.25) is 18.5 Å². The van der Waals surface area contributed by atoms with E-state index in [0.29, 0.717) is 29.8 Å². The minimum Gasteiger partial charge on any atom is -0.493 e. The zero-order valence-electron chi connectivity index (χ0n) is 23.5. The average molecular weight is 614 g/mol. The number of ether oxygens (including phenoxy) is 4. The van der Waals surface area contributed by atoms with E-state index in [4.69, 9.17) is 18.9 Å².